The number of carboxylic acid groups (broad SMARTS) is 1. The molecule has 0 radical (unpaired) electrons. The average Bonchev–Trinajstić information content (AvgIpc) is 2.80. The van der Waals surface area contributed by atoms with E-state index in [1.165, 1.54) is 4.90 Å². The number of H-pyrrole nitrogens is 1. The lowest BCUT2D eigenvalue weighted by molar-refractivity contribution is -0.137. The molecule has 0 saturated heterocycles. The summed E-state index contributed by atoms with van der Waals surface area (Å²) < 4.78 is 0. The molecule has 1 heterocycles. The number of fused-ring (bicyclic) bond motifs is 1. The Bertz CT molecular complexity index is 651. The summed E-state index contributed by atoms with van der Waals surface area (Å²) in [4.78, 5) is 27.2. The summed E-state index contributed by atoms with van der Waals surface area (Å²) in [5, 5.41) is 10.1. The third-order valence-electron chi connectivity index (χ3n) is 3.05. The van der Waals surface area contributed by atoms with Crippen LogP contribution in [0.5, 0.6) is 0 Å². The van der Waals surface area contributed by atoms with Crippen molar-refractivity contribution in [1.82, 2.24) is 9.88 Å². The quantitative estimate of drug-likeness (QED) is 0.890. The van der Waals surface area contributed by atoms with Gasteiger partial charge in [0.15, 0.2) is 0 Å². The van der Waals surface area contributed by atoms with Gasteiger partial charge in [0.2, 0.25) is 0 Å². The van der Waals surface area contributed by atoms with Crippen molar-refractivity contribution in [2.75, 3.05) is 13.6 Å². The number of aliphatic carboxylic acids is 1. The standard InChI is InChI=1S/C14H15ClN2O3/c1-17(6-2-3-13(18)19)14(20)12-7-9-4-5-10(15)8-11(9)16-12/h4-5,7-8,16H,2-3,6H2,1H3,(H,18,19). The van der Waals surface area contributed by atoms with E-state index in [0.29, 0.717) is 23.7 Å². The van der Waals surface area contributed by atoms with Crippen molar-refractivity contribution in [3.05, 3.63) is 35.0 Å². The number of hydrogen-bond donors (Lipinski definition) is 2. The van der Waals surface area contributed by atoms with Crippen molar-refractivity contribution in [3.8, 4) is 0 Å². The van der Waals surface area contributed by atoms with E-state index in [0.717, 1.165) is 10.9 Å². The van der Waals surface area contributed by atoms with Gasteiger partial charge in [-0.2, -0.15) is 0 Å². The van der Waals surface area contributed by atoms with Crippen LogP contribution in [-0.2, 0) is 4.79 Å². The van der Waals surface area contributed by atoms with Crippen LogP contribution in [0, 0.1) is 0 Å². The maximum absolute atomic E-state index is 12.2. The van der Waals surface area contributed by atoms with E-state index in [-0.39, 0.29) is 12.3 Å². The van der Waals surface area contributed by atoms with Crippen LogP contribution in [0.25, 0.3) is 10.9 Å². The second kappa shape index (κ2) is 5.96. The number of carbonyl (C=O) groups excluding carboxylic acids is 1. The zero-order chi connectivity index (χ0) is 14.7. The number of carbonyl (C=O) groups is 2. The van der Waals surface area contributed by atoms with Crippen LogP contribution in [0.1, 0.15) is 23.3 Å². The first-order valence-electron chi connectivity index (χ1n) is 6.23. The molecule has 0 aliphatic heterocycles. The number of benzene rings is 1. The van der Waals surface area contributed by atoms with Crippen molar-refractivity contribution in [1.29, 1.82) is 0 Å². The molecule has 0 aliphatic carbocycles. The second-order valence-electron chi connectivity index (χ2n) is 4.64. The van der Waals surface area contributed by atoms with E-state index in [2.05, 4.69) is 4.98 Å². The minimum absolute atomic E-state index is 0.0555. The van der Waals surface area contributed by atoms with Gasteiger partial charge in [0, 0.05) is 35.9 Å². The van der Waals surface area contributed by atoms with Crippen molar-refractivity contribution in [3.63, 3.8) is 0 Å². The van der Waals surface area contributed by atoms with Gasteiger partial charge >= 0.3 is 5.97 Å². The first-order chi connectivity index (χ1) is 9.47. The first kappa shape index (κ1) is 14.4. The molecule has 0 aliphatic rings. The van der Waals surface area contributed by atoms with Crippen LogP contribution in [0.2, 0.25) is 5.02 Å². The zero-order valence-corrected chi connectivity index (χ0v) is 11.8. The van der Waals surface area contributed by atoms with E-state index in [1.807, 2.05) is 6.07 Å². The van der Waals surface area contributed by atoms with Gasteiger partial charge in [-0.25, -0.2) is 0 Å². The average molecular weight is 295 g/mol. The Morgan fingerprint density at radius 3 is 2.80 bits per heavy atom. The van der Waals surface area contributed by atoms with Crippen LogP contribution in [-0.4, -0.2) is 40.5 Å². The van der Waals surface area contributed by atoms with E-state index < -0.39 is 5.97 Å². The monoisotopic (exact) mass is 294 g/mol. The Morgan fingerprint density at radius 1 is 1.35 bits per heavy atom. The number of amides is 1. The van der Waals surface area contributed by atoms with Gasteiger partial charge in [0.1, 0.15) is 5.69 Å². The molecule has 0 spiro atoms. The minimum Gasteiger partial charge on any atom is -0.481 e. The van der Waals surface area contributed by atoms with Gasteiger partial charge in [-0.05, 0) is 24.6 Å². The Morgan fingerprint density at radius 2 is 2.10 bits per heavy atom. The van der Waals surface area contributed by atoms with Crippen LogP contribution in [0.4, 0.5) is 0 Å². The molecule has 0 unspecified atom stereocenters. The highest BCUT2D eigenvalue weighted by Gasteiger charge is 2.14. The summed E-state index contributed by atoms with van der Waals surface area (Å²) in [7, 11) is 1.66. The van der Waals surface area contributed by atoms with Crippen molar-refractivity contribution < 1.29 is 14.7 Å². The fraction of sp³-hybridized carbons (Fsp3) is 0.286. The topological polar surface area (TPSA) is 73.4 Å². The predicted octanol–water partition coefficient (Wildman–Crippen LogP) is 2.76. The molecule has 6 heteroatoms. The lowest BCUT2D eigenvalue weighted by atomic mass is 10.2. The molecular weight excluding hydrogens is 280 g/mol. The lowest BCUT2D eigenvalue weighted by Crippen LogP contribution is -2.28. The van der Waals surface area contributed by atoms with E-state index in [9.17, 15) is 9.59 Å². The SMILES string of the molecule is CN(CCCC(=O)O)C(=O)c1cc2ccc(Cl)cc2[nH]1. The Balaban J connectivity index is 2.08. The maximum Gasteiger partial charge on any atom is 0.303 e. The number of carboxylic acids is 1. The highest BCUT2D eigenvalue weighted by molar-refractivity contribution is 6.31. The number of halogens is 1. The molecule has 0 saturated carbocycles. The number of rotatable bonds is 5. The molecule has 0 atom stereocenters. The van der Waals surface area contributed by atoms with Crippen molar-refractivity contribution >= 4 is 34.4 Å². The molecule has 106 valence electrons. The molecule has 20 heavy (non-hydrogen) atoms. The summed E-state index contributed by atoms with van der Waals surface area (Å²) in [5.74, 6) is -1.02. The van der Waals surface area contributed by atoms with E-state index in [1.54, 1.807) is 25.2 Å². The summed E-state index contributed by atoms with van der Waals surface area (Å²) in [6, 6.07) is 7.14. The maximum atomic E-state index is 12.2. The van der Waals surface area contributed by atoms with E-state index >= 15 is 0 Å². The van der Waals surface area contributed by atoms with Crippen LogP contribution >= 0.6 is 11.6 Å². The largest absolute Gasteiger partial charge is 0.481 e. The molecule has 2 rings (SSSR count). The number of hydrogen-bond acceptors (Lipinski definition) is 2. The van der Waals surface area contributed by atoms with Gasteiger partial charge in [0.25, 0.3) is 5.91 Å². The molecule has 5 nitrogen and oxygen atoms in total. The van der Waals surface area contributed by atoms with Gasteiger partial charge < -0.3 is 15.0 Å². The summed E-state index contributed by atoms with van der Waals surface area (Å²) in [6.45, 7) is 0.404. The van der Waals surface area contributed by atoms with Crippen LogP contribution in [0.3, 0.4) is 0 Å². The molecule has 2 N–H and O–H groups in total. The van der Waals surface area contributed by atoms with Crippen molar-refractivity contribution in [2.24, 2.45) is 0 Å². The zero-order valence-electron chi connectivity index (χ0n) is 11.0. The molecule has 1 amide bonds. The Kier molecular flexibility index (Phi) is 4.29. The third-order valence-corrected chi connectivity index (χ3v) is 3.28. The van der Waals surface area contributed by atoms with Gasteiger partial charge in [-0.15, -0.1) is 0 Å². The van der Waals surface area contributed by atoms with Crippen LogP contribution < -0.4 is 0 Å². The number of nitrogens with one attached hydrogen (secondary N) is 1. The molecule has 0 fully saturated rings. The smallest absolute Gasteiger partial charge is 0.303 e. The summed E-state index contributed by atoms with van der Waals surface area (Å²) >= 11 is 5.90. The van der Waals surface area contributed by atoms with Crippen molar-refractivity contribution in [2.45, 2.75) is 12.8 Å². The minimum atomic E-state index is -0.855. The van der Waals surface area contributed by atoms with Gasteiger partial charge in [0.05, 0.1) is 0 Å². The highest BCUT2D eigenvalue weighted by atomic mass is 35.5. The molecule has 1 aromatic carbocycles. The summed E-state index contributed by atoms with van der Waals surface area (Å²) in [5.41, 5.74) is 1.28. The molecule has 0 bridgehead atoms. The molecule has 1 aromatic heterocycles. The number of nitrogens with zero attached hydrogens (tertiary/aromatic N) is 1. The fourth-order valence-electron chi connectivity index (χ4n) is 1.99. The highest BCUT2D eigenvalue weighted by Crippen LogP contribution is 2.20. The number of aromatic amines is 1. The lowest BCUT2D eigenvalue weighted by Gasteiger charge is -2.15. The van der Waals surface area contributed by atoms with Gasteiger partial charge in [-0.3, -0.25) is 9.59 Å². The Labute approximate surface area is 121 Å². The Hall–Kier alpha value is -2.01. The second-order valence-corrected chi connectivity index (χ2v) is 5.08. The fourth-order valence-corrected chi connectivity index (χ4v) is 2.16. The third kappa shape index (κ3) is 3.30. The predicted molar refractivity (Wildman–Crippen MR) is 77.1 cm³/mol. The van der Waals surface area contributed by atoms with Gasteiger partial charge in [-0.1, -0.05) is 17.7 Å². The molecule has 2 aromatic rings. The van der Waals surface area contributed by atoms with Crippen LogP contribution in [0.15, 0.2) is 24.3 Å². The molecular formula is C14H15ClN2O3. The number of aromatic nitrogens is 1. The normalized spacial score (nSPS) is 10.7. The summed E-state index contributed by atoms with van der Waals surface area (Å²) in [6.07, 6.45) is 0.490. The first-order valence-corrected chi connectivity index (χ1v) is 6.60. The van der Waals surface area contributed by atoms with E-state index in [4.69, 9.17) is 16.7 Å².